The number of nitrogens with one attached hydrogen (secondary N) is 4. The number of hydrogen-bond acceptors (Lipinski definition) is 10. The van der Waals surface area contributed by atoms with Gasteiger partial charge in [-0.05, 0) is 155 Å². The average Bonchev–Trinajstić information content (AvgIpc) is 4.31. The molecule has 0 spiro atoms. The first kappa shape index (κ1) is 66.4. The number of nitrogens with zero attached hydrogens (tertiary/aromatic N) is 4. The summed E-state index contributed by atoms with van der Waals surface area (Å²) in [7, 11) is 1.56. The molecule has 0 bridgehead atoms. The third kappa shape index (κ3) is 18.8. The lowest BCUT2D eigenvalue weighted by atomic mass is 10.0. The molecular weight excluding hydrogens is 1040 g/mol. The van der Waals surface area contributed by atoms with Crippen molar-refractivity contribution in [2.75, 3.05) is 14.1 Å². The highest BCUT2D eigenvalue weighted by Gasteiger charge is 2.48. The van der Waals surface area contributed by atoms with Gasteiger partial charge < -0.3 is 34.9 Å². The quantitative estimate of drug-likeness (QED) is 0.0448. The molecule has 0 saturated carbocycles. The van der Waals surface area contributed by atoms with Gasteiger partial charge >= 0.3 is 12.1 Å². The number of carboxylic acids is 1. The van der Waals surface area contributed by atoms with Gasteiger partial charge in [0.25, 0.3) is 5.91 Å². The van der Waals surface area contributed by atoms with Gasteiger partial charge in [0.15, 0.2) is 8.32 Å². The number of benzene rings is 4. The molecule has 2 aliphatic heterocycles. The Balaban J connectivity index is 0.000000252. The molecule has 2 amide bonds. The monoisotopic (exact) mass is 1140 g/mol. The van der Waals surface area contributed by atoms with Gasteiger partial charge in [0, 0.05) is 51.4 Å². The molecule has 6 atom stereocenters. The Bertz CT molecular complexity index is 2900. The Morgan fingerprint density at radius 2 is 1.26 bits per heavy atom. The van der Waals surface area contributed by atoms with E-state index < -0.39 is 26.0 Å². The number of likely N-dealkylation sites (tertiary alicyclic amines) is 1. The van der Waals surface area contributed by atoms with E-state index >= 15 is 0 Å². The zero-order chi connectivity index (χ0) is 59.2. The van der Waals surface area contributed by atoms with Crippen molar-refractivity contribution in [3.05, 3.63) is 177 Å². The zero-order valence-corrected chi connectivity index (χ0v) is 52.1. The van der Waals surface area contributed by atoms with Crippen molar-refractivity contribution in [3.63, 3.8) is 0 Å². The van der Waals surface area contributed by atoms with Gasteiger partial charge in [-0.3, -0.25) is 19.9 Å². The van der Waals surface area contributed by atoms with E-state index in [2.05, 4.69) is 111 Å². The second-order valence-corrected chi connectivity index (χ2v) is 29.8. The summed E-state index contributed by atoms with van der Waals surface area (Å²) in [5.41, 5.74) is 8.75. The van der Waals surface area contributed by atoms with Gasteiger partial charge in [0.2, 0.25) is 0 Å². The van der Waals surface area contributed by atoms with E-state index in [9.17, 15) is 24.6 Å². The number of rotatable bonds is 18. The lowest BCUT2D eigenvalue weighted by molar-refractivity contribution is -0.00240. The molecule has 4 aromatic carbocycles. The number of ether oxygens (including phenoxy) is 1. The Morgan fingerprint density at radius 3 is 1.77 bits per heavy atom. The van der Waals surface area contributed by atoms with Gasteiger partial charge in [-0.2, -0.15) is 10.2 Å². The number of amides is 2. The highest BCUT2D eigenvalue weighted by atomic mass is 28.4. The molecule has 2 saturated heterocycles. The molecule has 15 nitrogen and oxygen atoms in total. The Morgan fingerprint density at radius 1 is 0.732 bits per heavy atom. The standard InChI is InChI=1S/C30H43NO5Si.C27H34N4O2.C8H15N3.B/c1-29(2,3)35-28(34)31-24(20-21-14-16-23(17-15-21)27(32)33)18-19-25(31)26(22-12-10-9-11-13-22)36-37(7,8)30(4,5)6;1-18(2)25-16-23(29-30-25)17-31(3)27(33)21-11-9-19(10-12-21)15-22-13-14-24(28-22)26(32)20-7-5-4-6-8-20;1-6(2)8-4-7(5-9-3)10-11-8;/h9-17,24-26H,18-20H2,1-8H3,(H,32,33);4-12,16,18,22,24,26,28,32H,13-15,17H2,1-3H3,(H,29,30);4,6,9H,5H2,1-3H3,(H,10,11);/t24?,25-,26-;22-,24+,26+;;/m10../s1. The predicted molar refractivity (Wildman–Crippen MR) is 331 cm³/mol. The highest BCUT2D eigenvalue weighted by Crippen LogP contribution is 2.44. The summed E-state index contributed by atoms with van der Waals surface area (Å²) in [6, 6.07) is 39.1. The van der Waals surface area contributed by atoms with Crippen molar-refractivity contribution in [2.45, 2.75) is 193 Å². The van der Waals surface area contributed by atoms with Crippen LogP contribution < -0.4 is 10.6 Å². The maximum Gasteiger partial charge on any atom is 0.410 e. The molecule has 2 aromatic heterocycles. The number of aromatic carboxylic acids is 1. The molecule has 3 radical (unpaired) electrons. The van der Waals surface area contributed by atoms with Gasteiger partial charge in [0.05, 0.1) is 47.4 Å². The van der Waals surface area contributed by atoms with Crippen molar-refractivity contribution < 1.29 is 33.8 Å². The fourth-order valence-electron chi connectivity index (χ4n) is 10.0. The van der Waals surface area contributed by atoms with E-state index in [0.29, 0.717) is 36.4 Å². The van der Waals surface area contributed by atoms with Crippen molar-refractivity contribution in [3.8, 4) is 0 Å². The van der Waals surface area contributed by atoms with E-state index in [0.717, 1.165) is 78.1 Å². The summed E-state index contributed by atoms with van der Waals surface area (Å²) >= 11 is 0. The Hall–Kier alpha value is -6.37. The van der Waals surface area contributed by atoms with Crippen molar-refractivity contribution >= 4 is 34.7 Å². The Labute approximate surface area is 491 Å². The first-order valence-electron chi connectivity index (χ1n) is 28.9. The number of carbonyl (C=O) groups excluding carboxylic acids is 2. The number of aliphatic hydroxyl groups is 1. The van der Waals surface area contributed by atoms with Crippen LogP contribution in [0.4, 0.5) is 4.79 Å². The summed E-state index contributed by atoms with van der Waals surface area (Å²) in [4.78, 5) is 41.4. The smallest absolute Gasteiger partial charge is 0.410 e. The molecule has 2 aliphatic rings. The molecular formula is C65H92BN8O7Si. The van der Waals surface area contributed by atoms with Crippen LogP contribution in [0.25, 0.3) is 0 Å². The second kappa shape index (κ2) is 29.7. The zero-order valence-electron chi connectivity index (χ0n) is 51.1. The van der Waals surface area contributed by atoms with Crippen molar-refractivity contribution in [1.82, 2.24) is 40.8 Å². The molecule has 17 heteroatoms. The van der Waals surface area contributed by atoms with E-state index in [1.165, 1.54) is 5.56 Å². The van der Waals surface area contributed by atoms with Crippen LogP contribution in [0.2, 0.25) is 18.1 Å². The molecule has 8 rings (SSSR count). The fourth-order valence-corrected chi connectivity index (χ4v) is 11.3. The second-order valence-electron chi connectivity index (χ2n) is 25.0. The van der Waals surface area contributed by atoms with Gasteiger partial charge in [-0.25, -0.2) is 9.59 Å². The number of aliphatic hydroxyl groups excluding tert-OH is 1. The summed E-state index contributed by atoms with van der Waals surface area (Å²) in [6.07, 6.45) is 4.01. The molecule has 6 N–H and O–H groups in total. The minimum Gasteiger partial charge on any atom is -0.478 e. The summed E-state index contributed by atoms with van der Waals surface area (Å²) in [6.45, 7) is 26.7. The molecule has 6 aromatic rings. The molecule has 82 heavy (non-hydrogen) atoms. The SMILES string of the molecule is CC(C)(C)OC(=O)N1C(Cc2ccc(C(=O)O)cc2)CC[C@@H]1[C@H](O[Si](C)(C)C(C)(C)C)c1ccccc1.CC(C)c1cc(CN(C)C(=O)c2ccc(C[C@@H]3CC[C@H]([C@H](O)c4ccccc4)N3)cc2)[nH]n1.CNCc1cc(C(C)C)n[nH]1.[B]. The molecule has 1 unspecified atom stereocenters. The minimum absolute atomic E-state index is 0. The van der Waals surface area contributed by atoms with E-state index in [1.807, 2.05) is 131 Å². The maximum atomic E-state index is 13.7. The number of carboxylic acid groups (broad SMARTS) is 1. The fraction of sp³-hybridized carbons (Fsp3) is 0.492. The first-order valence-corrected chi connectivity index (χ1v) is 31.8. The summed E-state index contributed by atoms with van der Waals surface area (Å²) in [5.74, 6) is -0.0877. The van der Waals surface area contributed by atoms with E-state index in [-0.39, 0.29) is 55.2 Å². The molecule has 0 aliphatic carbocycles. The van der Waals surface area contributed by atoms with Crippen LogP contribution >= 0.6 is 0 Å². The summed E-state index contributed by atoms with van der Waals surface area (Å²) < 4.78 is 13.0. The van der Waals surface area contributed by atoms with Crippen molar-refractivity contribution in [2.24, 2.45) is 0 Å². The minimum atomic E-state index is -2.18. The number of hydrogen-bond donors (Lipinski definition) is 6. The van der Waals surface area contributed by atoms with Crippen LogP contribution in [-0.2, 0) is 35.1 Å². The van der Waals surface area contributed by atoms with Crippen LogP contribution in [0.3, 0.4) is 0 Å². The largest absolute Gasteiger partial charge is 0.478 e. The lowest BCUT2D eigenvalue weighted by Crippen LogP contribution is -2.50. The predicted octanol–water partition coefficient (Wildman–Crippen LogP) is 12.5. The van der Waals surface area contributed by atoms with Crippen LogP contribution in [0, 0.1) is 0 Å². The van der Waals surface area contributed by atoms with Gasteiger partial charge in [-0.1, -0.05) is 133 Å². The number of aromatic amines is 2. The van der Waals surface area contributed by atoms with Gasteiger partial charge in [0.1, 0.15) is 5.60 Å². The van der Waals surface area contributed by atoms with Crippen molar-refractivity contribution in [1.29, 1.82) is 0 Å². The van der Waals surface area contributed by atoms with Crippen LogP contribution in [-0.4, -0.2) is 119 Å². The highest BCUT2D eigenvalue weighted by molar-refractivity contribution is 6.74. The molecule has 4 heterocycles. The van der Waals surface area contributed by atoms with Crippen LogP contribution in [0.15, 0.2) is 121 Å². The third-order valence-electron chi connectivity index (χ3n) is 15.6. The Kier molecular flexibility index (Phi) is 24.1. The number of aromatic nitrogens is 4. The number of H-pyrrole nitrogens is 2. The third-order valence-corrected chi connectivity index (χ3v) is 20.1. The molecule has 2 fully saturated rings. The van der Waals surface area contributed by atoms with E-state index in [1.54, 1.807) is 17.0 Å². The van der Waals surface area contributed by atoms with Crippen LogP contribution in [0.1, 0.15) is 185 Å². The number of carbonyl (C=O) groups is 3. The van der Waals surface area contributed by atoms with E-state index in [4.69, 9.17) is 9.16 Å². The van der Waals surface area contributed by atoms with Crippen LogP contribution in [0.5, 0.6) is 0 Å². The molecule has 441 valence electrons. The average molecular weight is 1140 g/mol. The first-order chi connectivity index (χ1) is 38.2. The maximum absolute atomic E-state index is 13.7. The summed E-state index contributed by atoms with van der Waals surface area (Å²) in [5, 5.41) is 41.1. The van der Waals surface area contributed by atoms with Gasteiger partial charge in [-0.15, -0.1) is 0 Å². The normalized spacial score (nSPS) is 17.9. The topological polar surface area (TPSA) is 198 Å². The lowest BCUT2D eigenvalue weighted by Gasteiger charge is -2.43.